The number of amides is 1. The molecule has 4 rings (SSSR count). The molecule has 0 radical (unpaired) electrons. The van der Waals surface area contributed by atoms with Crippen LogP contribution in [-0.2, 0) is 4.79 Å². The minimum atomic E-state index is -0.124. The van der Waals surface area contributed by atoms with E-state index >= 15 is 0 Å². The average Bonchev–Trinajstić information content (AvgIpc) is 3.11. The summed E-state index contributed by atoms with van der Waals surface area (Å²) in [7, 11) is 0. The second-order valence-electron chi connectivity index (χ2n) is 6.57. The van der Waals surface area contributed by atoms with Gasteiger partial charge in [-0.1, -0.05) is 35.0 Å². The van der Waals surface area contributed by atoms with Crippen LogP contribution in [0.25, 0.3) is 0 Å². The number of halogens is 2. The third-order valence-electron chi connectivity index (χ3n) is 4.43. The van der Waals surface area contributed by atoms with E-state index in [0.717, 1.165) is 37.0 Å². The Morgan fingerprint density at radius 3 is 2.50 bits per heavy atom. The number of carbonyl (C=O) groups is 1. The number of anilines is 2. The molecule has 6 nitrogen and oxygen atoms in total. The van der Waals surface area contributed by atoms with Crippen LogP contribution >= 0.6 is 35.0 Å². The molecule has 1 saturated heterocycles. The van der Waals surface area contributed by atoms with E-state index in [1.807, 2.05) is 0 Å². The first kappa shape index (κ1) is 17.9. The lowest BCUT2D eigenvalue weighted by Crippen LogP contribution is -2.22. The molecule has 1 amide bonds. The van der Waals surface area contributed by atoms with E-state index in [9.17, 15) is 4.79 Å². The Hall–Kier alpha value is -1.44. The van der Waals surface area contributed by atoms with Gasteiger partial charge in [-0.3, -0.25) is 9.36 Å². The standard InChI is InChI=1S/C17H19Cl2N5OS/c18-11-7-12(19)9-13(8-11)20-15(25)10-26-17-22-21-16(23-5-1-2-6-23)24(17)14-3-4-14/h7-9,14H,1-6,10H2,(H,20,25). The third-order valence-corrected chi connectivity index (χ3v) is 5.81. The molecule has 1 aliphatic heterocycles. The molecule has 0 atom stereocenters. The molecule has 138 valence electrons. The SMILES string of the molecule is O=C(CSc1nnc(N2CCCC2)n1C1CC1)Nc1cc(Cl)cc(Cl)c1. The summed E-state index contributed by atoms with van der Waals surface area (Å²) in [5.74, 6) is 1.09. The van der Waals surface area contributed by atoms with E-state index in [2.05, 4.69) is 25.0 Å². The van der Waals surface area contributed by atoms with Gasteiger partial charge in [0.2, 0.25) is 11.9 Å². The maximum absolute atomic E-state index is 12.3. The zero-order valence-corrected chi connectivity index (χ0v) is 16.4. The predicted octanol–water partition coefficient (Wildman–Crippen LogP) is 4.25. The maximum atomic E-state index is 12.3. The number of rotatable bonds is 6. The van der Waals surface area contributed by atoms with Crippen LogP contribution < -0.4 is 10.2 Å². The summed E-state index contributed by atoms with van der Waals surface area (Å²) < 4.78 is 2.21. The molecule has 1 N–H and O–H groups in total. The Kier molecular flexibility index (Phi) is 5.29. The minimum absolute atomic E-state index is 0.124. The van der Waals surface area contributed by atoms with Crippen LogP contribution in [0.5, 0.6) is 0 Å². The van der Waals surface area contributed by atoms with E-state index in [1.165, 1.54) is 24.6 Å². The molecule has 1 aromatic carbocycles. The number of thioether (sulfide) groups is 1. The summed E-state index contributed by atoms with van der Waals surface area (Å²) >= 11 is 13.3. The van der Waals surface area contributed by atoms with E-state index in [0.29, 0.717) is 21.8 Å². The van der Waals surface area contributed by atoms with Crippen LogP contribution in [0.15, 0.2) is 23.4 Å². The zero-order chi connectivity index (χ0) is 18.1. The van der Waals surface area contributed by atoms with Crippen molar-refractivity contribution < 1.29 is 4.79 Å². The van der Waals surface area contributed by atoms with Gasteiger partial charge >= 0.3 is 0 Å². The van der Waals surface area contributed by atoms with Crippen molar-refractivity contribution in [3.8, 4) is 0 Å². The third kappa shape index (κ3) is 4.10. The fourth-order valence-corrected chi connectivity index (χ4v) is 4.43. The first-order chi connectivity index (χ1) is 12.6. The number of nitrogens with zero attached hydrogens (tertiary/aromatic N) is 4. The van der Waals surface area contributed by atoms with Gasteiger partial charge in [-0.2, -0.15) is 0 Å². The summed E-state index contributed by atoms with van der Waals surface area (Å²) in [5.41, 5.74) is 0.592. The Morgan fingerprint density at radius 1 is 1.15 bits per heavy atom. The molecule has 9 heteroatoms. The van der Waals surface area contributed by atoms with Crippen molar-refractivity contribution in [1.29, 1.82) is 0 Å². The Morgan fingerprint density at radius 2 is 1.85 bits per heavy atom. The quantitative estimate of drug-likeness (QED) is 0.719. The van der Waals surface area contributed by atoms with E-state index in [4.69, 9.17) is 23.2 Å². The van der Waals surface area contributed by atoms with Crippen molar-refractivity contribution in [3.63, 3.8) is 0 Å². The molecule has 0 bridgehead atoms. The molecular formula is C17H19Cl2N5OS. The normalized spacial score (nSPS) is 16.9. The zero-order valence-electron chi connectivity index (χ0n) is 14.1. The van der Waals surface area contributed by atoms with Crippen molar-refractivity contribution in [2.45, 2.75) is 36.9 Å². The average molecular weight is 412 g/mol. The van der Waals surface area contributed by atoms with Crippen LogP contribution in [0.4, 0.5) is 11.6 Å². The number of benzene rings is 1. The van der Waals surface area contributed by atoms with Gasteiger partial charge < -0.3 is 10.2 Å². The fraction of sp³-hybridized carbons (Fsp3) is 0.471. The van der Waals surface area contributed by atoms with Crippen LogP contribution in [-0.4, -0.2) is 39.5 Å². The van der Waals surface area contributed by atoms with Gasteiger partial charge in [0.15, 0.2) is 5.16 Å². The van der Waals surface area contributed by atoms with Crippen LogP contribution in [0.1, 0.15) is 31.7 Å². The van der Waals surface area contributed by atoms with Crippen molar-refractivity contribution in [2.75, 3.05) is 29.1 Å². The number of aromatic nitrogens is 3. The largest absolute Gasteiger partial charge is 0.341 e. The second-order valence-corrected chi connectivity index (χ2v) is 8.39. The Bertz CT molecular complexity index is 797. The smallest absolute Gasteiger partial charge is 0.234 e. The molecule has 2 fully saturated rings. The van der Waals surface area contributed by atoms with Crippen molar-refractivity contribution >= 4 is 52.5 Å². The van der Waals surface area contributed by atoms with E-state index in [-0.39, 0.29) is 11.7 Å². The highest BCUT2D eigenvalue weighted by molar-refractivity contribution is 7.99. The van der Waals surface area contributed by atoms with Crippen LogP contribution in [0, 0.1) is 0 Å². The molecule has 2 aromatic rings. The molecule has 1 aromatic heterocycles. The van der Waals surface area contributed by atoms with E-state index < -0.39 is 0 Å². The predicted molar refractivity (Wildman–Crippen MR) is 106 cm³/mol. The lowest BCUT2D eigenvalue weighted by molar-refractivity contribution is -0.113. The lowest BCUT2D eigenvalue weighted by Gasteiger charge is -2.17. The first-order valence-corrected chi connectivity index (χ1v) is 10.4. The summed E-state index contributed by atoms with van der Waals surface area (Å²) in [5, 5.41) is 13.4. The first-order valence-electron chi connectivity index (χ1n) is 8.69. The lowest BCUT2D eigenvalue weighted by atomic mass is 10.3. The monoisotopic (exact) mass is 411 g/mol. The highest BCUT2D eigenvalue weighted by Gasteiger charge is 2.32. The Balaban J connectivity index is 1.42. The number of carbonyl (C=O) groups excluding carboxylic acids is 1. The van der Waals surface area contributed by atoms with E-state index in [1.54, 1.807) is 18.2 Å². The van der Waals surface area contributed by atoms with Gasteiger partial charge in [0.1, 0.15) is 0 Å². The van der Waals surface area contributed by atoms with Gasteiger partial charge in [0.25, 0.3) is 0 Å². The summed E-state index contributed by atoms with van der Waals surface area (Å²) in [6.45, 7) is 2.07. The number of nitrogens with one attached hydrogen (secondary N) is 1. The summed E-state index contributed by atoms with van der Waals surface area (Å²) in [4.78, 5) is 14.6. The van der Waals surface area contributed by atoms with Gasteiger partial charge in [0, 0.05) is 34.9 Å². The molecule has 0 unspecified atom stereocenters. The van der Waals surface area contributed by atoms with Gasteiger partial charge in [-0.25, -0.2) is 0 Å². The molecule has 2 heterocycles. The van der Waals surface area contributed by atoms with Crippen molar-refractivity contribution in [2.24, 2.45) is 0 Å². The maximum Gasteiger partial charge on any atom is 0.234 e. The van der Waals surface area contributed by atoms with Crippen LogP contribution in [0.2, 0.25) is 10.0 Å². The van der Waals surface area contributed by atoms with Gasteiger partial charge in [-0.15, -0.1) is 10.2 Å². The molecule has 0 spiro atoms. The molecular weight excluding hydrogens is 393 g/mol. The molecule has 26 heavy (non-hydrogen) atoms. The van der Waals surface area contributed by atoms with Gasteiger partial charge in [0.05, 0.1) is 5.75 Å². The highest BCUT2D eigenvalue weighted by atomic mass is 35.5. The Labute approximate surface area is 166 Å². The fourth-order valence-electron chi connectivity index (χ4n) is 3.11. The molecule has 2 aliphatic rings. The molecule has 1 aliphatic carbocycles. The number of hydrogen-bond acceptors (Lipinski definition) is 5. The van der Waals surface area contributed by atoms with Crippen molar-refractivity contribution in [3.05, 3.63) is 28.2 Å². The van der Waals surface area contributed by atoms with Crippen LogP contribution in [0.3, 0.4) is 0 Å². The van der Waals surface area contributed by atoms with Gasteiger partial charge in [-0.05, 0) is 43.9 Å². The summed E-state index contributed by atoms with van der Waals surface area (Å²) in [6.07, 6.45) is 4.70. The summed E-state index contributed by atoms with van der Waals surface area (Å²) in [6, 6.07) is 5.45. The molecule has 1 saturated carbocycles. The number of hydrogen-bond donors (Lipinski definition) is 1. The second kappa shape index (κ2) is 7.66. The highest BCUT2D eigenvalue weighted by Crippen LogP contribution is 2.41. The van der Waals surface area contributed by atoms with Crippen molar-refractivity contribution in [1.82, 2.24) is 14.8 Å². The topological polar surface area (TPSA) is 63.1 Å². The minimum Gasteiger partial charge on any atom is -0.341 e.